The molecule has 0 heterocycles. The Balaban J connectivity index is 2.03. The fourth-order valence-corrected chi connectivity index (χ4v) is 2.64. The van der Waals surface area contributed by atoms with Crippen molar-refractivity contribution in [2.75, 3.05) is 11.9 Å². The molecule has 0 aromatic heterocycles. The van der Waals surface area contributed by atoms with Gasteiger partial charge in [-0.25, -0.2) is 0 Å². The second-order valence-electron chi connectivity index (χ2n) is 6.10. The molecule has 0 fully saturated rings. The first kappa shape index (κ1) is 21.4. The van der Waals surface area contributed by atoms with Crippen LogP contribution in [0.3, 0.4) is 0 Å². The summed E-state index contributed by atoms with van der Waals surface area (Å²) in [4.78, 5) is 0. The molecule has 0 saturated carbocycles. The maximum Gasteiger partial charge on any atom is 0.416 e. The molecule has 148 valence electrons. The summed E-state index contributed by atoms with van der Waals surface area (Å²) >= 11 is 5.77. The van der Waals surface area contributed by atoms with Crippen molar-refractivity contribution in [2.45, 2.75) is 31.2 Å². The van der Waals surface area contributed by atoms with Crippen LogP contribution in [0.1, 0.15) is 23.1 Å². The average molecular weight is 411 g/mol. The zero-order valence-corrected chi connectivity index (χ0v) is 14.7. The van der Waals surface area contributed by atoms with Gasteiger partial charge in [0.05, 0.1) is 11.1 Å². The minimum Gasteiger partial charge on any atom is -0.385 e. The Morgan fingerprint density at radius 1 is 0.889 bits per heavy atom. The van der Waals surface area contributed by atoms with E-state index in [1.807, 2.05) is 0 Å². The summed E-state index contributed by atoms with van der Waals surface area (Å²) in [6.45, 7) is 0.411. The van der Waals surface area contributed by atoms with Crippen molar-refractivity contribution in [1.29, 1.82) is 0 Å². The van der Waals surface area contributed by atoms with Gasteiger partial charge in [-0.3, -0.25) is 0 Å². The van der Waals surface area contributed by atoms with Gasteiger partial charge in [0.25, 0.3) is 0 Å². The van der Waals surface area contributed by atoms with Gasteiger partial charge in [0.2, 0.25) is 0 Å². The predicted octanol–water partition coefficient (Wildman–Crippen LogP) is 5.75. The lowest BCUT2D eigenvalue weighted by Gasteiger charge is -2.17. The number of hydrogen-bond donors (Lipinski definition) is 2. The van der Waals surface area contributed by atoms with Gasteiger partial charge in [-0.2, -0.15) is 26.3 Å². The quantitative estimate of drug-likeness (QED) is 0.595. The highest BCUT2D eigenvalue weighted by Gasteiger charge is 2.36. The van der Waals surface area contributed by atoms with E-state index in [0.717, 1.165) is 5.69 Å². The summed E-state index contributed by atoms with van der Waals surface area (Å²) in [5.74, 6) is 0. The van der Waals surface area contributed by atoms with Gasteiger partial charge < -0.3 is 11.1 Å². The standard InChI is InChI=1S/C18H17ClF6N2/c19-14-1-3-16(4-2-14)27-6-5-15(26)9-11-7-12(17(20,21)22)10-13(8-11)18(23,24)25/h1-4,7-8,10,15,27H,5-6,9,26H2. The zero-order chi connectivity index (χ0) is 20.2. The van der Waals surface area contributed by atoms with Crippen molar-refractivity contribution in [1.82, 2.24) is 0 Å². The normalized spacial score (nSPS) is 13.5. The van der Waals surface area contributed by atoms with Gasteiger partial charge in [0.1, 0.15) is 0 Å². The Labute approximate surface area is 157 Å². The average Bonchev–Trinajstić information content (AvgIpc) is 2.55. The molecule has 27 heavy (non-hydrogen) atoms. The molecule has 1 atom stereocenters. The molecule has 0 aliphatic heterocycles. The fraction of sp³-hybridized carbons (Fsp3) is 0.333. The van der Waals surface area contributed by atoms with Crippen LogP contribution in [-0.2, 0) is 18.8 Å². The van der Waals surface area contributed by atoms with Crippen LogP contribution in [0.15, 0.2) is 42.5 Å². The van der Waals surface area contributed by atoms with E-state index < -0.39 is 29.5 Å². The van der Waals surface area contributed by atoms with Gasteiger partial charge in [-0.05, 0) is 60.9 Å². The molecule has 0 radical (unpaired) electrons. The maximum atomic E-state index is 12.9. The molecule has 0 bridgehead atoms. The van der Waals surface area contributed by atoms with Crippen molar-refractivity contribution < 1.29 is 26.3 Å². The van der Waals surface area contributed by atoms with Crippen molar-refractivity contribution in [3.63, 3.8) is 0 Å². The number of anilines is 1. The largest absolute Gasteiger partial charge is 0.416 e. The third-order valence-corrected chi connectivity index (χ3v) is 4.09. The van der Waals surface area contributed by atoms with Gasteiger partial charge in [-0.15, -0.1) is 0 Å². The predicted molar refractivity (Wildman–Crippen MR) is 92.7 cm³/mol. The second-order valence-corrected chi connectivity index (χ2v) is 6.54. The number of alkyl halides is 6. The van der Waals surface area contributed by atoms with Gasteiger partial charge in [-0.1, -0.05) is 11.6 Å². The highest BCUT2D eigenvalue weighted by Crippen LogP contribution is 2.36. The summed E-state index contributed by atoms with van der Waals surface area (Å²) < 4.78 is 77.2. The number of rotatable bonds is 6. The highest BCUT2D eigenvalue weighted by molar-refractivity contribution is 6.30. The minimum atomic E-state index is -4.86. The number of hydrogen-bond acceptors (Lipinski definition) is 2. The molecule has 2 aromatic rings. The van der Waals surface area contributed by atoms with Crippen LogP contribution in [0.2, 0.25) is 5.02 Å². The summed E-state index contributed by atoms with van der Waals surface area (Å²) in [7, 11) is 0. The summed E-state index contributed by atoms with van der Waals surface area (Å²) in [6.07, 6.45) is -9.47. The first-order chi connectivity index (χ1) is 12.4. The third kappa shape index (κ3) is 6.62. The van der Waals surface area contributed by atoms with Crippen molar-refractivity contribution in [2.24, 2.45) is 5.73 Å². The first-order valence-electron chi connectivity index (χ1n) is 7.98. The van der Waals surface area contributed by atoms with E-state index >= 15 is 0 Å². The van der Waals surface area contributed by atoms with Crippen molar-refractivity contribution >= 4 is 17.3 Å². The molecule has 2 rings (SSSR count). The molecule has 2 nitrogen and oxygen atoms in total. The Hall–Kier alpha value is -1.93. The van der Waals surface area contributed by atoms with Crippen LogP contribution < -0.4 is 11.1 Å². The zero-order valence-electron chi connectivity index (χ0n) is 14.0. The lowest BCUT2D eigenvalue weighted by Crippen LogP contribution is -2.26. The summed E-state index contributed by atoms with van der Waals surface area (Å²) in [5, 5.41) is 3.63. The number of nitrogens with two attached hydrogens (primary N) is 1. The Morgan fingerprint density at radius 3 is 1.89 bits per heavy atom. The van der Waals surface area contributed by atoms with E-state index in [4.69, 9.17) is 17.3 Å². The van der Waals surface area contributed by atoms with E-state index in [1.165, 1.54) is 0 Å². The van der Waals surface area contributed by atoms with E-state index in [0.29, 0.717) is 30.1 Å². The molecule has 9 heteroatoms. The smallest absolute Gasteiger partial charge is 0.385 e. The lowest BCUT2D eigenvalue weighted by molar-refractivity contribution is -0.143. The minimum absolute atomic E-state index is 0.101. The van der Waals surface area contributed by atoms with E-state index in [9.17, 15) is 26.3 Å². The molecule has 0 aliphatic rings. The van der Waals surface area contributed by atoms with E-state index in [-0.39, 0.29) is 18.1 Å². The molecule has 1 unspecified atom stereocenters. The van der Waals surface area contributed by atoms with Crippen LogP contribution in [0.5, 0.6) is 0 Å². The SMILES string of the molecule is NC(CCNc1ccc(Cl)cc1)Cc1cc(C(F)(F)F)cc(C(F)(F)F)c1. The molecule has 0 aliphatic carbocycles. The Bertz CT molecular complexity index is 724. The van der Waals surface area contributed by atoms with Crippen LogP contribution in [-0.4, -0.2) is 12.6 Å². The number of nitrogens with one attached hydrogen (secondary N) is 1. The van der Waals surface area contributed by atoms with Gasteiger partial charge >= 0.3 is 12.4 Å². The topological polar surface area (TPSA) is 38.0 Å². The van der Waals surface area contributed by atoms with Crippen LogP contribution >= 0.6 is 11.6 Å². The fourth-order valence-electron chi connectivity index (χ4n) is 2.51. The second kappa shape index (κ2) is 8.39. The molecule has 0 saturated heterocycles. The van der Waals surface area contributed by atoms with Gasteiger partial charge in [0, 0.05) is 23.3 Å². The Morgan fingerprint density at radius 2 is 1.41 bits per heavy atom. The maximum absolute atomic E-state index is 12.9. The van der Waals surface area contributed by atoms with Crippen LogP contribution in [0.25, 0.3) is 0 Å². The molecule has 0 spiro atoms. The molecular formula is C18H17ClF6N2. The third-order valence-electron chi connectivity index (χ3n) is 3.83. The number of benzene rings is 2. The number of halogens is 7. The Kier molecular flexibility index (Phi) is 6.64. The van der Waals surface area contributed by atoms with Crippen molar-refractivity contribution in [3.8, 4) is 0 Å². The van der Waals surface area contributed by atoms with Gasteiger partial charge in [0.15, 0.2) is 0 Å². The van der Waals surface area contributed by atoms with E-state index in [2.05, 4.69) is 5.32 Å². The molecule has 2 aromatic carbocycles. The van der Waals surface area contributed by atoms with E-state index in [1.54, 1.807) is 24.3 Å². The molecular weight excluding hydrogens is 394 g/mol. The monoisotopic (exact) mass is 410 g/mol. The summed E-state index contributed by atoms with van der Waals surface area (Å²) in [5.41, 5.74) is 3.90. The molecule has 3 N–H and O–H groups in total. The first-order valence-corrected chi connectivity index (χ1v) is 8.36. The highest BCUT2D eigenvalue weighted by atomic mass is 35.5. The summed E-state index contributed by atoms with van der Waals surface area (Å²) in [6, 6.07) is 7.79. The molecule has 0 amide bonds. The van der Waals surface area contributed by atoms with Crippen molar-refractivity contribution in [3.05, 3.63) is 64.2 Å². The van der Waals surface area contributed by atoms with Crippen LogP contribution in [0, 0.1) is 0 Å². The lowest BCUT2D eigenvalue weighted by atomic mass is 9.98. The van der Waals surface area contributed by atoms with Crippen LogP contribution in [0.4, 0.5) is 32.0 Å².